The fraction of sp³-hybridized carbons (Fsp3) is 0.417. The highest BCUT2D eigenvalue weighted by Gasteiger charge is 2.13. The average molecular weight is 224 g/mol. The van der Waals surface area contributed by atoms with Gasteiger partial charge in [0.05, 0.1) is 20.1 Å². The van der Waals surface area contributed by atoms with Crippen molar-refractivity contribution in [2.45, 2.75) is 6.92 Å². The molecule has 1 aromatic rings. The number of hydrogen-bond donors (Lipinski definition) is 0. The number of ether oxygens (including phenoxy) is 3. The summed E-state index contributed by atoms with van der Waals surface area (Å²) in [5.41, 5.74) is 0. The van der Waals surface area contributed by atoms with Crippen molar-refractivity contribution in [2.24, 2.45) is 5.92 Å². The molecule has 0 N–H and O–H groups in total. The summed E-state index contributed by atoms with van der Waals surface area (Å²) in [5, 5.41) is 0. The zero-order valence-corrected chi connectivity index (χ0v) is 9.73. The lowest BCUT2D eigenvalue weighted by Gasteiger charge is -2.11. The first-order valence-corrected chi connectivity index (χ1v) is 5.02. The molecule has 4 heteroatoms. The first kappa shape index (κ1) is 12.4. The molecule has 0 amide bonds. The van der Waals surface area contributed by atoms with E-state index in [1.807, 2.05) is 18.2 Å². The molecule has 0 bridgehead atoms. The van der Waals surface area contributed by atoms with Gasteiger partial charge in [0, 0.05) is 6.07 Å². The van der Waals surface area contributed by atoms with Crippen LogP contribution >= 0.6 is 0 Å². The van der Waals surface area contributed by atoms with Gasteiger partial charge in [0.1, 0.15) is 18.1 Å². The van der Waals surface area contributed by atoms with Crippen LogP contribution in [0.3, 0.4) is 0 Å². The highest BCUT2D eigenvalue weighted by atomic mass is 16.5. The van der Waals surface area contributed by atoms with E-state index in [0.717, 1.165) is 5.75 Å². The highest BCUT2D eigenvalue weighted by molar-refractivity contribution is 5.71. The third kappa shape index (κ3) is 3.46. The normalized spacial score (nSPS) is 11.7. The molecule has 1 unspecified atom stereocenters. The van der Waals surface area contributed by atoms with Gasteiger partial charge in [-0.1, -0.05) is 6.07 Å². The van der Waals surface area contributed by atoms with E-state index in [9.17, 15) is 4.79 Å². The van der Waals surface area contributed by atoms with Crippen molar-refractivity contribution in [2.75, 3.05) is 20.8 Å². The third-order valence-corrected chi connectivity index (χ3v) is 2.14. The summed E-state index contributed by atoms with van der Waals surface area (Å²) in [4.78, 5) is 11.1. The number of carbonyl (C=O) groups excluding carboxylic acids is 1. The molecule has 4 nitrogen and oxygen atoms in total. The molecule has 88 valence electrons. The van der Waals surface area contributed by atoms with Gasteiger partial charge in [-0.25, -0.2) is 0 Å². The van der Waals surface area contributed by atoms with Crippen LogP contribution in [0.5, 0.6) is 11.5 Å². The van der Waals surface area contributed by atoms with E-state index < -0.39 is 0 Å². The molecular formula is C12H16O4. The smallest absolute Gasteiger partial charge is 0.311 e. The second kappa shape index (κ2) is 6.00. The van der Waals surface area contributed by atoms with Gasteiger partial charge in [0.2, 0.25) is 0 Å². The van der Waals surface area contributed by atoms with Crippen molar-refractivity contribution in [1.82, 2.24) is 0 Å². The van der Waals surface area contributed by atoms with E-state index >= 15 is 0 Å². The molecule has 0 aliphatic carbocycles. The van der Waals surface area contributed by atoms with Crippen molar-refractivity contribution in [3.63, 3.8) is 0 Å². The van der Waals surface area contributed by atoms with Gasteiger partial charge in [-0.15, -0.1) is 0 Å². The molecule has 0 radical (unpaired) electrons. The van der Waals surface area contributed by atoms with Gasteiger partial charge < -0.3 is 14.2 Å². The summed E-state index contributed by atoms with van der Waals surface area (Å²) in [5.74, 6) is 0.845. The number of carbonyl (C=O) groups is 1. The van der Waals surface area contributed by atoms with Crippen molar-refractivity contribution in [3.8, 4) is 11.5 Å². The van der Waals surface area contributed by atoms with Crippen LogP contribution < -0.4 is 9.47 Å². The van der Waals surface area contributed by atoms with Crippen LogP contribution in [0.2, 0.25) is 0 Å². The summed E-state index contributed by atoms with van der Waals surface area (Å²) in [6.07, 6.45) is 0. The summed E-state index contributed by atoms with van der Waals surface area (Å²) in [6.45, 7) is 2.05. The summed E-state index contributed by atoms with van der Waals surface area (Å²) >= 11 is 0. The lowest BCUT2D eigenvalue weighted by atomic mass is 10.2. The van der Waals surface area contributed by atoms with Crippen molar-refractivity contribution >= 4 is 5.97 Å². The minimum Gasteiger partial charge on any atom is -0.497 e. The van der Waals surface area contributed by atoms with Crippen LogP contribution in [0.1, 0.15) is 6.92 Å². The molecule has 0 aromatic heterocycles. The fourth-order valence-electron chi connectivity index (χ4n) is 1.18. The Labute approximate surface area is 95.1 Å². The Hall–Kier alpha value is -1.71. The molecule has 1 atom stereocenters. The molecule has 0 spiro atoms. The summed E-state index contributed by atoms with van der Waals surface area (Å²) < 4.78 is 15.1. The third-order valence-electron chi connectivity index (χ3n) is 2.14. The Bertz CT molecular complexity index is 349. The van der Waals surface area contributed by atoms with Crippen molar-refractivity contribution in [3.05, 3.63) is 24.3 Å². The van der Waals surface area contributed by atoms with E-state index in [-0.39, 0.29) is 11.9 Å². The van der Waals surface area contributed by atoms with Crippen LogP contribution in [0.15, 0.2) is 24.3 Å². The van der Waals surface area contributed by atoms with Gasteiger partial charge in [-0.05, 0) is 19.1 Å². The predicted octanol–water partition coefficient (Wildman–Crippen LogP) is 1.88. The van der Waals surface area contributed by atoms with Gasteiger partial charge in [0.15, 0.2) is 0 Å². The van der Waals surface area contributed by atoms with E-state index in [4.69, 9.17) is 9.47 Å². The van der Waals surface area contributed by atoms with E-state index in [1.165, 1.54) is 7.11 Å². The van der Waals surface area contributed by atoms with Crippen LogP contribution in [0.25, 0.3) is 0 Å². The zero-order chi connectivity index (χ0) is 12.0. The Morgan fingerprint density at radius 3 is 2.62 bits per heavy atom. The van der Waals surface area contributed by atoms with E-state index in [1.54, 1.807) is 20.1 Å². The monoisotopic (exact) mass is 224 g/mol. The molecule has 0 fully saturated rings. The lowest BCUT2D eigenvalue weighted by molar-refractivity contribution is -0.145. The maximum atomic E-state index is 11.1. The molecule has 0 heterocycles. The lowest BCUT2D eigenvalue weighted by Crippen LogP contribution is -2.19. The largest absolute Gasteiger partial charge is 0.497 e. The Balaban J connectivity index is 2.51. The molecular weight excluding hydrogens is 208 g/mol. The Morgan fingerprint density at radius 1 is 1.31 bits per heavy atom. The SMILES string of the molecule is COC(=O)C(C)COc1cccc(OC)c1. The first-order valence-electron chi connectivity index (χ1n) is 5.02. The topological polar surface area (TPSA) is 44.8 Å². The maximum Gasteiger partial charge on any atom is 0.311 e. The van der Waals surface area contributed by atoms with Gasteiger partial charge in [-0.3, -0.25) is 4.79 Å². The second-order valence-corrected chi connectivity index (χ2v) is 3.41. The molecule has 16 heavy (non-hydrogen) atoms. The summed E-state index contributed by atoms with van der Waals surface area (Å²) in [6, 6.07) is 7.24. The molecule has 0 aliphatic rings. The molecule has 0 aliphatic heterocycles. The average Bonchev–Trinajstić information content (AvgIpc) is 2.35. The van der Waals surface area contributed by atoms with Crippen LogP contribution in [-0.4, -0.2) is 26.8 Å². The zero-order valence-electron chi connectivity index (χ0n) is 9.73. The molecule has 0 saturated heterocycles. The van der Waals surface area contributed by atoms with E-state index in [0.29, 0.717) is 12.4 Å². The molecule has 1 rings (SSSR count). The number of hydrogen-bond acceptors (Lipinski definition) is 4. The standard InChI is InChI=1S/C12H16O4/c1-9(12(13)15-3)8-16-11-6-4-5-10(7-11)14-2/h4-7,9H,8H2,1-3H3. The second-order valence-electron chi connectivity index (χ2n) is 3.41. The number of benzene rings is 1. The minimum atomic E-state index is -0.281. The Kier molecular flexibility index (Phi) is 4.64. The fourth-order valence-corrected chi connectivity index (χ4v) is 1.18. The number of methoxy groups -OCH3 is 2. The van der Waals surface area contributed by atoms with E-state index in [2.05, 4.69) is 4.74 Å². The molecule has 1 aromatic carbocycles. The van der Waals surface area contributed by atoms with Crippen molar-refractivity contribution in [1.29, 1.82) is 0 Å². The van der Waals surface area contributed by atoms with Crippen LogP contribution in [0, 0.1) is 5.92 Å². The highest BCUT2D eigenvalue weighted by Crippen LogP contribution is 2.19. The van der Waals surface area contributed by atoms with Gasteiger partial charge >= 0.3 is 5.97 Å². The first-order chi connectivity index (χ1) is 7.67. The quantitative estimate of drug-likeness (QED) is 0.716. The number of rotatable bonds is 5. The van der Waals surface area contributed by atoms with Crippen molar-refractivity contribution < 1.29 is 19.0 Å². The van der Waals surface area contributed by atoms with Crippen LogP contribution in [-0.2, 0) is 9.53 Å². The molecule has 0 saturated carbocycles. The Morgan fingerprint density at radius 2 is 2.00 bits per heavy atom. The maximum absolute atomic E-state index is 11.1. The van der Waals surface area contributed by atoms with Crippen LogP contribution in [0.4, 0.5) is 0 Å². The van der Waals surface area contributed by atoms with Gasteiger partial charge in [0.25, 0.3) is 0 Å². The minimum absolute atomic E-state index is 0.275. The number of esters is 1. The van der Waals surface area contributed by atoms with Gasteiger partial charge in [-0.2, -0.15) is 0 Å². The predicted molar refractivity (Wildman–Crippen MR) is 59.7 cm³/mol. The summed E-state index contributed by atoms with van der Waals surface area (Å²) in [7, 11) is 2.96.